The van der Waals surface area contributed by atoms with Crippen LogP contribution in [-0.2, 0) is 24.9 Å². The van der Waals surface area contributed by atoms with Gasteiger partial charge in [0, 0.05) is 51.5 Å². The lowest BCUT2D eigenvalue weighted by molar-refractivity contribution is -0.00805. The molecule has 2 saturated heterocycles. The van der Waals surface area contributed by atoms with Crippen LogP contribution in [0.4, 0.5) is 0 Å². The molecule has 0 amide bonds. The van der Waals surface area contributed by atoms with Gasteiger partial charge in [0.15, 0.2) is 5.96 Å². The van der Waals surface area contributed by atoms with Gasteiger partial charge in [-0.05, 0) is 37.4 Å². The molecule has 7 nitrogen and oxygen atoms in total. The van der Waals surface area contributed by atoms with Crippen LogP contribution in [0.5, 0.6) is 0 Å². The molecule has 4 rings (SSSR count). The molecule has 0 radical (unpaired) electrons. The minimum absolute atomic E-state index is 0.0221. The van der Waals surface area contributed by atoms with Crippen molar-refractivity contribution >= 4 is 5.96 Å². The Morgan fingerprint density at radius 1 is 1.23 bits per heavy atom. The van der Waals surface area contributed by atoms with Crippen LogP contribution in [0.2, 0.25) is 0 Å². The van der Waals surface area contributed by atoms with Crippen molar-refractivity contribution in [3.8, 4) is 0 Å². The summed E-state index contributed by atoms with van der Waals surface area (Å²) >= 11 is 0. The third-order valence-corrected chi connectivity index (χ3v) is 6.54. The lowest BCUT2D eigenvalue weighted by Gasteiger charge is -2.35. The molecule has 7 heteroatoms. The van der Waals surface area contributed by atoms with Crippen molar-refractivity contribution in [1.82, 2.24) is 24.9 Å². The summed E-state index contributed by atoms with van der Waals surface area (Å²) < 4.78 is 7.82. The van der Waals surface area contributed by atoms with Gasteiger partial charge in [-0.15, -0.1) is 0 Å². The highest BCUT2D eigenvalue weighted by atomic mass is 16.5. The maximum Gasteiger partial charge on any atom is 0.194 e. The highest BCUT2D eigenvalue weighted by Crippen LogP contribution is 2.23. The number of morpholine rings is 1. The van der Waals surface area contributed by atoms with E-state index in [-0.39, 0.29) is 6.10 Å². The number of likely N-dealkylation sites (tertiary alicyclic amines) is 1. The van der Waals surface area contributed by atoms with Crippen LogP contribution in [0, 0.1) is 0 Å². The van der Waals surface area contributed by atoms with Crippen LogP contribution in [0.1, 0.15) is 49.0 Å². The van der Waals surface area contributed by atoms with Crippen molar-refractivity contribution < 1.29 is 4.74 Å². The zero-order valence-electron chi connectivity index (χ0n) is 19.1. The van der Waals surface area contributed by atoms with Gasteiger partial charge >= 0.3 is 0 Å². The molecule has 1 N–H and O–H groups in total. The van der Waals surface area contributed by atoms with Crippen molar-refractivity contribution in [2.24, 2.45) is 12.0 Å². The Morgan fingerprint density at radius 3 is 2.81 bits per heavy atom. The molecule has 0 saturated carbocycles. The van der Waals surface area contributed by atoms with Crippen molar-refractivity contribution in [1.29, 1.82) is 0 Å². The average Bonchev–Trinajstić information content (AvgIpc) is 3.23. The maximum absolute atomic E-state index is 6.00. The maximum atomic E-state index is 6.00. The number of benzene rings is 1. The summed E-state index contributed by atoms with van der Waals surface area (Å²) in [6, 6.07) is 9.47. The zero-order valence-corrected chi connectivity index (χ0v) is 19.1. The molecule has 2 unspecified atom stereocenters. The van der Waals surface area contributed by atoms with E-state index in [2.05, 4.69) is 56.4 Å². The monoisotopic (exact) mass is 424 g/mol. The molecule has 1 aromatic carbocycles. The number of ether oxygens (including phenoxy) is 1. The quantitative estimate of drug-likeness (QED) is 0.591. The lowest BCUT2D eigenvalue weighted by atomic mass is 10.0. The van der Waals surface area contributed by atoms with Crippen molar-refractivity contribution in [2.75, 3.05) is 33.3 Å². The first-order valence-electron chi connectivity index (χ1n) is 11.5. The van der Waals surface area contributed by atoms with Crippen LogP contribution in [0.3, 0.4) is 0 Å². The summed E-state index contributed by atoms with van der Waals surface area (Å²) in [7, 11) is 3.80. The van der Waals surface area contributed by atoms with Gasteiger partial charge in [0.1, 0.15) is 6.10 Å². The van der Waals surface area contributed by atoms with E-state index in [1.807, 2.05) is 31.2 Å². The standard InChI is InChI=1S/C24H36N6O/c1-19-8-6-7-11-29(19)17-21-10-5-4-9-20(21)14-26-24(25-2)30-12-13-31-23(18-30)22-15-27-28(3)16-22/h4-5,9-10,15-16,19,23H,6-8,11-14,17-18H2,1-3H3,(H,25,26). The van der Waals surface area contributed by atoms with E-state index < -0.39 is 0 Å². The molecular formula is C24H36N6O. The van der Waals surface area contributed by atoms with Gasteiger partial charge in [0.2, 0.25) is 0 Å². The van der Waals surface area contributed by atoms with Crippen LogP contribution in [-0.4, -0.2) is 64.9 Å². The third-order valence-electron chi connectivity index (χ3n) is 6.54. The molecule has 2 aromatic rings. The SMILES string of the molecule is CN=C(NCc1ccccc1CN1CCCCC1C)N1CCOC(c2cnn(C)c2)C1. The van der Waals surface area contributed by atoms with Gasteiger partial charge in [-0.1, -0.05) is 30.7 Å². The molecule has 168 valence electrons. The molecule has 0 bridgehead atoms. The minimum Gasteiger partial charge on any atom is -0.370 e. The van der Waals surface area contributed by atoms with E-state index in [0.29, 0.717) is 12.6 Å². The highest BCUT2D eigenvalue weighted by molar-refractivity contribution is 5.80. The van der Waals surface area contributed by atoms with Crippen molar-refractivity contribution in [3.63, 3.8) is 0 Å². The smallest absolute Gasteiger partial charge is 0.194 e. The molecule has 2 aliphatic heterocycles. The predicted molar refractivity (Wildman–Crippen MR) is 124 cm³/mol. The summed E-state index contributed by atoms with van der Waals surface area (Å²) in [6.07, 6.45) is 7.92. The molecule has 2 atom stereocenters. The van der Waals surface area contributed by atoms with Crippen molar-refractivity contribution in [2.45, 2.75) is 51.4 Å². The number of hydrogen-bond donors (Lipinski definition) is 1. The van der Waals surface area contributed by atoms with E-state index in [1.54, 1.807) is 0 Å². The van der Waals surface area contributed by atoms with Gasteiger partial charge in [-0.2, -0.15) is 5.10 Å². The second kappa shape index (κ2) is 10.3. The number of guanidine groups is 1. The topological polar surface area (TPSA) is 57.9 Å². The fraction of sp³-hybridized carbons (Fsp3) is 0.583. The number of rotatable bonds is 5. The van der Waals surface area contributed by atoms with Crippen LogP contribution < -0.4 is 5.32 Å². The molecule has 31 heavy (non-hydrogen) atoms. The first-order valence-corrected chi connectivity index (χ1v) is 11.5. The number of piperidine rings is 1. The normalized spacial score (nSPS) is 23.2. The molecule has 1 aromatic heterocycles. The fourth-order valence-corrected chi connectivity index (χ4v) is 4.65. The summed E-state index contributed by atoms with van der Waals surface area (Å²) in [6.45, 7) is 7.66. The summed E-state index contributed by atoms with van der Waals surface area (Å²) in [5.41, 5.74) is 3.87. The summed E-state index contributed by atoms with van der Waals surface area (Å²) in [5.74, 6) is 0.929. The Kier molecular flexibility index (Phi) is 7.25. The number of aryl methyl sites for hydroxylation is 1. The summed E-state index contributed by atoms with van der Waals surface area (Å²) in [4.78, 5) is 9.47. The van der Waals surface area contributed by atoms with E-state index >= 15 is 0 Å². The average molecular weight is 425 g/mol. The molecule has 0 spiro atoms. The fourth-order valence-electron chi connectivity index (χ4n) is 4.65. The first-order chi connectivity index (χ1) is 15.1. The summed E-state index contributed by atoms with van der Waals surface area (Å²) in [5, 5.41) is 7.89. The van der Waals surface area contributed by atoms with E-state index in [1.165, 1.54) is 36.9 Å². The molecule has 3 heterocycles. The first kappa shape index (κ1) is 21.8. The number of aromatic nitrogens is 2. The van der Waals surface area contributed by atoms with Crippen LogP contribution in [0.15, 0.2) is 41.7 Å². The molecular weight excluding hydrogens is 388 g/mol. The Morgan fingerprint density at radius 2 is 2.06 bits per heavy atom. The van der Waals surface area contributed by atoms with Gasteiger partial charge in [-0.3, -0.25) is 14.6 Å². The zero-order chi connectivity index (χ0) is 21.6. The highest BCUT2D eigenvalue weighted by Gasteiger charge is 2.25. The Balaban J connectivity index is 1.38. The Bertz CT molecular complexity index is 878. The number of nitrogens with one attached hydrogen (secondary N) is 1. The Labute approximate surface area is 186 Å². The van der Waals surface area contributed by atoms with Gasteiger partial charge in [0.05, 0.1) is 19.3 Å². The number of hydrogen-bond acceptors (Lipinski definition) is 4. The Hall–Kier alpha value is -2.38. The van der Waals surface area contributed by atoms with E-state index in [4.69, 9.17) is 4.74 Å². The molecule has 2 fully saturated rings. The predicted octanol–water partition coefficient (Wildman–Crippen LogP) is 2.94. The minimum atomic E-state index is 0.0221. The molecule has 2 aliphatic rings. The largest absolute Gasteiger partial charge is 0.370 e. The van der Waals surface area contributed by atoms with Crippen LogP contribution >= 0.6 is 0 Å². The molecule has 0 aliphatic carbocycles. The van der Waals surface area contributed by atoms with Gasteiger partial charge < -0.3 is 15.0 Å². The van der Waals surface area contributed by atoms with Gasteiger partial charge in [0.25, 0.3) is 0 Å². The second-order valence-corrected chi connectivity index (χ2v) is 8.74. The van der Waals surface area contributed by atoms with Crippen molar-refractivity contribution in [3.05, 3.63) is 53.3 Å². The third kappa shape index (κ3) is 5.46. The van der Waals surface area contributed by atoms with Gasteiger partial charge in [-0.25, -0.2) is 0 Å². The van der Waals surface area contributed by atoms with E-state index in [9.17, 15) is 0 Å². The van der Waals surface area contributed by atoms with Crippen LogP contribution in [0.25, 0.3) is 0 Å². The van der Waals surface area contributed by atoms with E-state index in [0.717, 1.165) is 37.7 Å². The second-order valence-electron chi connectivity index (χ2n) is 8.74. The lowest BCUT2D eigenvalue weighted by Crippen LogP contribution is -2.48. The number of aliphatic imine (C=N–C) groups is 1. The number of nitrogens with zero attached hydrogens (tertiary/aromatic N) is 5.